The van der Waals surface area contributed by atoms with Crippen molar-refractivity contribution in [3.05, 3.63) is 94.2 Å². The highest BCUT2D eigenvalue weighted by Crippen LogP contribution is 2.40. The lowest BCUT2D eigenvalue weighted by Gasteiger charge is -2.14. The standard InChI is InChI=1S/C23H17F2N3O4S/c1-26(23(29)30)17-6-7-18-20(11-17)27(12-14-8-15(24)10-16(25)9-14)13-22(18)33-21-5-3-2-4-19(21)28(31)32/h2-11,13H,12H2,1H3,(H,29,30). The molecule has 33 heavy (non-hydrogen) atoms. The fourth-order valence-electron chi connectivity index (χ4n) is 3.49. The fourth-order valence-corrected chi connectivity index (χ4v) is 4.58. The number of hydrogen-bond donors (Lipinski definition) is 1. The lowest BCUT2D eigenvalue weighted by atomic mass is 10.2. The van der Waals surface area contributed by atoms with Gasteiger partial charge in [0.1, 0.15) is 11.6 Å². The first-order valence-electron chi connectivity index (χ1n) is 9.68. The molecule has 168 valence electrons. The number of anilines is 1. The van der Waals surface area contributed by atoms with Crippen molar-refractivity contribution in [1.82, 2.24) is 4.57 Å². The average molecular weight is 469 g/mol. The number of nitrogens with zero attached hydrogens (tertiary/aromatic N) is 3. The minimum atomic E-state index is -1.14. The Labute approximate surface area is 191 Å². The van der Waals surface area contributed by atoms with Gasteiger partial charge in [-0.25, -0.2) is 13.6 Å². The Balaban J connectivity index is 1.84. The van der Waals surface area contributed by atoms with Gasteiger partial charge in [0.25, 0.3) is 5.69 Å². The summed E-state index contributed by atoms with van der Waals surface area (Å²) in [6.07, 6.45) is 0.591. The van der Waals surface area contributed by atoms with E-state index in [0.717, 1.165) is 16.4 Å². The molecule has 1 N–H and O–H groups in total. The molecule has 7 nitrogen and oxygen atoms in total. The van der Waals surface area contributed by atoms with Crippen LogP contribution in [0, 0.1) is 21.7 Å². The molecule has 4 aromatic rings. The maximum Gasteiger partial charge on any atom is 0.411 e. The van der Waals surface area contributed by atoms with E-state index in [1.54, 1.807) is 47.2 Å². The van der Waals surface area contributed by atoms with Crippen LogP contribution in [0.5, 0.6) is 0 Å². The van der Waals surface area contributed by atoms with E-state index >= 15 is 0 Å². The zero-order chi connectivity index (χ0) is 23.7. The number of para-hydroxylation sites is 1. The number of hydrogen-bond acceptors (Lipinski definition) is 4. The summed E-state index contributed by atoms with van der Waals surface area (Å²) in [5.74, 6) is -1.41. The van der Waals surface area contributed by atoms with Crippen LogP contribution in [-0.4, -0.2) is 27.7 Å². The van der Waals surface area contributed by atoms with Gasteiger partial charge < -0.3 is 9.67 Å². The zero-order valence-electron chi connectivity index (χ0n) is 17.2. The first kappa shape index (κ1) is 22.3. The summed E-state index contributed by atoms with van der Waals surface area (Å²) in [6, 6.07) is 14.6. The van der Waals surface area contributed by atoms with Gasteiger partial charge in [-0.05, 0) is 42.0 Å². The van der Waals surface area contributed by atoms with Gasteiger partial charge >= 0.3 is 6.09 Å². The molecular weight excluding hydrogens is 452 g/mol. The molecule has 0 saturated heterocycles. The van der Waals surface area contributed by atoms with Crippen LogP contribution in [0.2, 0.25) is 0 Å². The highest BCUT2D eigenvalue weighted by atomic mass is 32.2. The van der Waals surface area contributed by atoms with Gasteiger partial charge in [-0.15, -0.1) is 0 Å². The van der Waals surface area contributed by atoms with E-state index < -0.39 is 22.7 Å². The molecule has 0 bridgehead atoms. The third kappa shape index (κ3) is 4.65. The Morgan fingerprint density at radius 1 is 1.09 bits per heavy atom. The number of halogens is 2. The lowest BCUT2D eigenvalue weighted by molar-refractivity contribution is -0.387. The van der Waals surface area contributed by atoms with Gasteiger partial charge in [0.2, 0.25) is 0 Å². The maximum absolute atomic E-state index is 13.7. The predicted octanol–water partition coefficient (Wildman–Crippen LogP) is 6.14. The molecule has 0 saturated carbocycles. The topological polar surface area (TPSA) is 88.6 Å². The highest BCUT2D eigenvalue weighted by molar-refractivity contribution is 7.99. The van der Waals surface area contributed by atoms with E-state index in [9.17, 15) is 28.8 Å². The second-order valence-corrected chi connectivity index (χ2v) is 8.35. The molecule has 0 aliphatic carbocycles. The van der Waals surface area contributed by atoms with Crippen LogP contribution in [0.4, 0.5) is 25.0 Å². The largest absolute Gasteiger partial charge is 0.465 e. The molecule has 0 atom stereocenters. The Morgan fingerprint density at radius 2 is 1.79 bits per heavy atom. The monoisotopic (exact) mass is 469 g/mol. The minimum absolute atomic E-state index is 0.0437. The van der Waals surface area contributed by atoms with Gasteiger partial charge in [0.05, 0.1) is 15.3 Å². The molecule has 0 spiro atoms. The van der Waals surface area contributed by atoms with Crippen molar-refractivity contribution in [2.24, 2.45) is 0 Å². The number of amides is 1. The van der Waals surface area contributed by atoms with Crippen molar-refractivity contribution in [3.8, 4) is 0 Å². The smallest absolute Gasteiger partial charge is 0.411 e. The number of nitro benzene ring substituents is 1. The van der Waals surface area contributed by atoms with Crippen LogP contribution in [0.3, 0.4) is 0 Å². The number of fused-ring (bicyclic) bond motifs is 1. The van der Waals surface area contributed by atoms with Gasteiger partial charge in [-0.1, -0.05) is 23.9 Å². The Bertz CT molecular complexity index is 1370. The molecule has 3 aromatic carbocycles. The zero-order valence-corrected chi connectivity index (χ0v) is 18.1. The second kappa shape index (κ2) is 8.91. The Hall–Kier alpha value is -3.92. The predicted molar refractivity (Wildman–Crippen MR) is 121 cm³/mol. The van der Waals surface area contributed by atoms with Crippen molar-refractivity contribution in [1.29, 1.82) is 0 Å². The van der Waals surface area contributed by atoms with E-state index in [-0.39, 0.29) is 12.2 Å². The molecule has 1 amide bonds. The van der Waals surface area contributed by atoms with Crippen LogP contribution in [0.15, 0.2) is 76.7 Å². The summed E-state index contributed by atoms with van der Waals surface area (Å²) in [7, 11) is 1.40. The molecule has 1 aromatic heterocycles. The number of carboxylic acid groups (broad SMARTS) is 1. The molecular formula is C23H17F2N3O4S. The number of aromatic nitrogens is 1. The Morgan fingerprint density at radius 3 is 2.45 bits per heavy atom. The molecule has 10 heteroatoms. The van der Waals surface area contributed by atoms with E-state index in [2.05, 4.69) is 0 Å². The van der Waals surface area contributed by atoms with Crippen molar-refractivity contribution < 1.29 is 23.6 Å². The lowest BCUT2D eigenvalue weighted by Crippen LogP contribution is -2.23. The second-order valence-electron chi connectivity index (χ2n) is 7.27. The third-order valence-corrected chi connectivity index (χ3v) is 6.17. The summed E-state index contributed by atoms with van der Waals surface area (Å²) in [5, 5.41) is 21.5. The van der Waals surface area contributed by atoms with Gasteiger partial charge in [0, 0.05) is 47.9 Å². The first-order valence-corrected chi connectivity index (χ1v) is 10.5. The molecule has 0 aliphatic heterocycles. The van der Waals surface area contributed by atoms with Crippen molar-refractivity contribution in [2.45, 2.75) is 16.3 Å². The molecule has 4 rings (SSSR count). The first-order chi connectivity index (χ1) is 15.7. The van der Waals surface area contributed by atoms with Crippen molar-refractivity contribution in [2.75, 3.05) is 11.9 Å². The molecule has 0 unspecified atom stereocenters. The van der Waals surface area contributed by atoms with Crippen molar-refractivity contribution >= 4 is 40.1 Å². The minimum Gasteiger partial charge on any atom is -0.465 e. The maximum atomic E-state index is 13.7. The molecule has 0 aliphatic rings. The third-order valence-electron chi connectivity index (χ3n) is 5.06. The molecule has 1 heterocycles. The SMILES string of the molecule is CN(C(=O)O)c1ccc2c(Sc3ccccc3[N+](=O)[O-])cn(Cc3cc(F)cc(F)c3)c2c1. The normalized spacial score (nSPS) is 11.0. The van der Waals surface area contributed by atoms with Crippen molar-refractivity contribution in [3.63, 3.8) is 0 Å². The van der Waals surface area contributed by atoms with E-state index in [1.807, 2.05) is 0 Å². The van der Waals surface area contributed by atoms with Gasteiger partial charge in [-0.2, -0.15) is 0 Å². The molecule has 0 radical (unpaired) electrons. The highest BCUT2D eigenvalue weighted by Gasteiger charge is 2.19. The summed E-state index contributed by atoms with van der Waals surface area (Å²) < 4.78 is 29.2. The molecule has 0 fully saturated rings. The van der Waals surface area contributed by atoms with E-state index in [0.29, 0.717) is 26.6 Å². The Kier molecular flexibility index (Phi) is 6.01. The summed E-state index contributed by atoms with van der Waals surface area (Å²) in [4.78, 5) is 24.5. The quantitative estimate of drug-likeness (QED) is 0.271. The average Bonchev–Trinajstić information content (AvgIpc) is 3.09. The number of benzene rings is 3. The van der Waals surface area contributed by atoms with E-state index in [4.69, 9.17) is 0 Å². The van der Waals surface area contributed by atoms with Gasteiger partial charge in [-0.3, -0.25) is 15.0 Å². The summed E-state index contributed by atoms with van der Waals surface area (Å²) in [5.41, 5.74) is 1.36. The number of nitro groups is 1. The number of rotatable bonds is 6. The van der Waals surface area contributed by atoms with Crippen LogP contribution >= 0.6 is 11.8 Å². The van der Waals surface area contributed by atoms with Crippen LogP contribution in [-0.2, 0) is 6.54 Å². The van der Waals surface area contributed by atoms with Crippen LogP contribution in [0.25, 0.3) is 10.9 Å². The van der Waals surface area contributed by atoms with E-state index in [1.165, 1.54) is 37.0 Å². The van der Waals surface area contributed by atoms with Gasteiger partial charge in [0.15, 0.2) is 0 Å². The summed E-state index contributed by atoms with van der Waals surface area (Å²) in [6.45, 7) is 0.114. The summed E-state index contributed by atoms with van der Waals surface area (Å²) >= 11 is 1.19. The fraction of sp³-hybridized carbons (Fsp3) is 0.0870. The van der Waals surface area contributed by atoms with Crippen LogP contribution in [0.1, 0.15) is 5.56 Å². The number of carbonyl (C=O) groups is 1. The van der Waals surface area contributed by atoms with Crippen LogP contribution < -0.4 is 4.90 Å².